The van der Waals surface area contributed by atoms with E-state index in [-0.39, 0.29) is 24.4 Å². The maximum atomic E-state index is 12.8. The van der Waals surface area contributed by atoms with Crippen LogP contribution in [0.4, 0.5) is 20.3 Å². The molecule has 12 heteroatoms. The second-order valence-electron chi connectivity index (χ2n) is 7.56. The molecule has 176 valence electrons. The summed E-state index contributed by atoms with van der Waals surface area (Å²) in [5, 5.41) is 31.6. The Labute approximate surface area is 197 Å². The van der Waals surface area contributed by atoms with Crippen molar-refractivity contribution in [1.82, 2.24) is 9.97 Å². The standard InChI is InChI=1S/C22H18ClF2N5O4/c23-22(24,25)34-15-4-1-13(2-5-15)29-21(33)12-7-16(17-6-3-14(8-26)28-17)20(27-9-12)30-10-18(31)19(32)11-30/h1-7,9,18-19,28,31-32H,10-11H2,(H,29,33). The van der Waals surface area contributed by atoms with Crippen LogP contribution in [0.1, 0.15) is 16.1 Å². The van der Waals surface area contributed by atoms with Crippen LogP contribution in [0.15, 0.2) is 48.7 Å². The van der Waals surface area contributed by atoms with Crippen molar-refractivity contribution in [2.45, 2.75) is 17.8 Å². The van der Waals surface area contributed by atoms with Gasteiger partial charge in [-0.2, -0.15) is 5.26 Å². The van der Waals surface area contributed by atoms with E-state index in [0.717, 1.165) is 0 Å². The number of alkyl halides is 3. The van der Waals surface area contributed by atoms with Crippen molar-refractivity contribution in [2.24, 2.45) is 0 Å². The lowest BCUT2D eigenvalue weighted by molar-refractivity contribution is -0.0964. The molecule has 4 rings (SSSR count). The summed E-state index contributed by atoms with van der Waals surface area (Å²) in [7, 11) is 0. The van der Waals surface area contributed by atoms with Crippen molar-refractivity contribution in [2.75, 3.05) is 23.3 Å². The molecule has 3 heterocycles. The van der Waals surface area contributed by atoms with Crippen LogP contribution in [0.25, 0.3) is 11.3 Å². The summed E-state index contributed by atoms with van der Waals surface area (Å²) in [6.07, 6.45) is -0.548. The Morgan fingerprint density at radius 1 is 1.24 bits per heavy atom. The monoisotopic (exact) mass is 489 g/mol. The average molecular weight is 490 g/mol. The van der Waals surface area contributed by atoms with Crippen molar-refractivity contribution in [3.63, 3.8) is 0 Å². The number of nitriles is 1. The summed E-state index contributed by atoms with van der Waals surface area (Å²) < 4.78 is 29.7. The van der Waals surface area contributed by atoms with Gasteiger partial charge in [0.2, 0.25) is 0 Å². The van der Waals surface area contributed by atoms with Gasteiger partial charge in [-0.1, -0.05) is 0 Å². The minimum absolute atomic E-state index is 0.147. The van der Waals surface area contributed by atoms with Crippen LogP contribution in [-0.2, 0) is 0 Å². The topological polar surface area (TPSA) is 134 Å². The van der Waals surface area contributed by atoms with Gasteiger partial charge in [0.1, 0.15) is 23.3 Å². The molecule has 3 aromatic rings. The summed E-state index contributed by atoms with van der Waals surface area (Å²) >= 11 is 4.74. The number of halogens is 3. The van der Waals surface area contributed by atoms with E-state index in [1.807, 2.05) is 6.07 Å². The Morgan fingerprint density at radius 2 is 1.91 bits per heavy atom. The van der Waals surface area contributed by atoms with E-state index in [0.29, 0.717) is 28.5 Å². The predicted octanol–water partition coefficient (Wildman–Crippen LogP) is 2.91. The molecular formula is C22H18ClF2N5O4. The number of rotatable bonds is 6. The van der Waals surface area contributed by atoms with Crippen LogP contribution in [0.5, 0.6) is 5.75 Å². The predicted molar refractivity (Wildman–Crippen MR) is 119 cm³/mol. The third-order valence-corrected chi connectivity index (χ3v) is 5.21. The molecule has 1 aliphatic heterocycles. The maximum absolute atomic E-state index is 12.8. The third kappa shape index (κ3) is 5.26. The second-order valence-corrected chi connectivity index (χ2v) is 8.00. The molecule has 2 unspecified atom stereocenters. The number of nitrogens with one attached hydrogen (secondary N) is 2. The second kappa shape index (κ2) is 9.26. The number of β-amino-alcohol motifs (C(OH)–C–C–N with tert-alkyl or cyclic N) is 2. The zero-order valence-corrected chi connectivity index (χ0v) is 18.1. The molecule has 4 N–H and O–H groups in total. The van der Waals surface area contributed by atoms with Gasteiger partial charge < -0.3 is 30.2 Å². The number of aliphatic hydroxyl groups excluding tert-OH is 2. The van der Waals surface area contributed by atoms with E-state index in [1.165, 1.54) is 30.5 Å². The van der Waals surface area contributed by atoms with Gasteiger partial charge in [0.05, 0.1) is 23.5 Å². The van der Waals surface area contributed by atoms with E-state index in [2.05, 4.69) is 20.0 Å². The number of H-pyrrole nitrogens is 1. The highest BCUT2D eigenvalue weighted by atomic mass is 35.5. The van der Waals surface area contributed by atoms with Crippen LogP contribution in [-0.4, -0.2) is 57.0 Å². The molecule has 1 aromatic carbocycles. The Morgan fingerprint density at radius 3 is 2.50 bits per heavy atom. The number of hydrogen-bond donors (Lipinski definition) is 4. The zero-order chi connectivity index (χ0) is 24.5. The molecule has 1 fully saturated rings. The lowest BCUT2D eigenvalue weighted by Gasteiger charge is -2.20. The van der Waals surface area contributed by atoms with E-state index >= 15 is 0 Å². The van der Waals surface area contributed by atoms with Gasteiger partial charge in [-0.15, -0.1) is 8.78 Å². The van der Waals surface area contributed by atoms with Gasteiger partial charge in [-0.25, -0.2) is 4.98 Å². The molecule has 0 bridgehead atoms. The van der Waals surface area contributed by atoms with Crippen molar-refractivity contribution in [3.8, 4) is 23.1 Å². The molecule has 0 saturated carbocycles. The molecule has 1 amide bonds. The smallest absolute Gasteiger partial charge is 0.420 e. The first-order valence-electron chi connectivity index (χ1n) is 10.0. The molecule has 0 radical (unpaired) electrons. The Kier molecular flexibility index (Phi) is 6.39. The summed E-state index contributed by atoms with van der Waals surface area (Å²) in [6.45, 7) is 0.294. The summed E-state index contributed by atoms with van der Waals surface area (Å²) in [4.78, 5) is 21.8. The normalized spacial score (nSPS) is 17.9. The number of nitrogens with zero attached hydrogens (tertiary/aromatic N) is 3. The molecule has 2 atom stereocenters. The highest BCUT2D eigenvalue weighted by Crippen LogP contribution is 2.32. The van der Waals surface area contributed by atoms with Crippen LogP contribution in [0.2, 0.25) is 0 Å². The lowest BCUT2D eigenvalue weighted by atomic mass is 10.1. The SMILES string of the molecule is N#Cc1ccc(-c2cc(C(=O)Nc3ccc(OC(F)(F)Cl)cc3)cnc2N2CC(O)C(O)C2)[nH]1. The molecule has 0 aliphatic carbocycles. The highest BCUT2D eigenvalue weighted by Gasteiger charge is 2.32. The number of aromatic nitrogens is 2. The molecule has 0 spiro atoms. The minimum atomic E-state index is -3.85. The van der Waals surface area contributed by atoms with Gasteiger partial charge in [0.25, 0.3) is 5.91 Å². The highest BCUT2D eigenvalue weighted by molar-refractivity contribution is 6.20. The number of hydrogen-bond acceptors (Lipinski definition) is 7. The molecule has 34 heavy (non-hydrogen) atoms. The summed E-state index contributed by atoms with van der Waals surface area (Å²) in [5.41, 5.74) is -2.03. The number of aromatic amines is 1. The molecule has 1 saturated heterocycles. The average Bonchev–Trinajstić information content (AvgIpc) is 3.40. The van der Waals surface area contributed by atoms with Crippen LogP contribution >= 0.6 is 11.6 Å². The Hall–Kier alpha value is -3.72. The largest absolute Gasteiger partial charge is 0.487 e. The van der Waals surface area contributed by atoms with Gasteiger partial charge in [0, 0.05) is 42.1 Å². The van der Waals surface area contributed by atoms with Crippen molar-refractivity contribution in [3.05, 3.63) is 59.9 Å². The summed E-state index contributed by atoms with van der Waals surface area (Å²) in [5.74, 6) is -0.284. The first-order chi connectivity index (χ1) is 16.1. The van der Waals surface area contributed by atoms with Gasteiger partial charge in [-0.05, 0) is 42.5 Å². The number of carbonyl (C=O) groups excluding carboxylic acids is 1. The van der Waals surface area contributed by atoms with Crippen molar-refractivity contribution < 1.29 is 28.5 Å². The Balaban J connectivity index is 1.60. The van der Waals surface area contributed by atoms with E-state index in [1.54, 1.807) is 23.1 Å². The van der Waals surface area contributed by atoms with Gasteiger partial charge >= 0.3 is 5.57 Å². The Bertz CT molecular complexity index is 1230. The van der Waals surface area contributed by atoms with E-state index in [9.17, 15) is 23.8 Å². The lowest BCUT2D eigenvalue weighted by Crippen LogP contribution is -2.23. The number of carbonyl (C=O) groups is 1. The van der Waals surface area contributed by atoms with Crippen molar-refractivity contribution >= 4 is 29.0 Å². The third-order valence-electron chi connectivity index (χ3n) is 5.13. The first kappa shape index (κ1) is 23.4. The molecular weight excluding hydrogens is 472 g/mol. The molecule has 9 nitrogen and oxygen atoms in total. The summed E-state index contributed by atoms with van der Waals surface area (Å²) in [6, 6.07) is 12.0. The fraction of sp³-hybridized carbons (Fsp3) is 0.227. The fourth-order valence-corrected chi connectivity index (χ4v) is 3.62. The van der Waals surface area contributed by atoms with Crippen LogP contribution < -0.4 is 15.0 Å². The van der Waals surface area contributed by atoms with Crippen molar-refractivity contribution in [1.29, 1.82) is 5.26 Å². The number of amides is 1. The van der Waals surface area contributed by atoms with Gasteiger partial charge in [-0.3, -0.25) is 4.79 Å². The fourth-order valence-electron chi connectivity index (χ4n) is 3.53. The van der Waals surface area contributed by atoms with Crippen LogP contribution in [0.3, 0.4) is 0 Å². The molecule has 2 aromatic heterocycles. The quantitative estimate of drug-likeness (QED) is 0.391. The number of anilines is 2. The first-order valence-corrected chi connectivity index (χ1v) is 10.4. The van der Waals surface area contributed by atoms with E-state index in [4.69, 9.17) is 16.9 Å². The number of benzene rings is 1. The number of pyridine rings is 1. The number of ether oxygens (including phenoxy) is 1. The number of aliphatic hydroxyl groups is 2. The molecule has 1 aliphatic rings. The van der Waals surface area contributed by atoms with E-state index < -0.39 is 23.7 Å². The zero-order valence-electron chi connectivity index (χ0n) is 17.4. The van der Waals surface area contributed by atoms with Crippen LogP contribution in [0, 0.1) is 11.3 Å². The minimum Gasteiger partial charge on any atom is -0.420 e. The maximum Gasteiger partial charge on any atom is 0.487 e. The van der Waals surface area contributed by atoms with Gasteiger partial charge in [0.15, 0.2) is 0 Å².